The van der Waals surface area contributed by atoms with Gasteiger partial charge in [-0.1, -0.05) is 30.3 Å². The highest BCUT2D eigenvalue weighted by Gasteiger charge is 2.36. The molecular formula is C21H21N5O. The van der Waals surface area contributed by atoms with Crippen LogP contribution in [-0.2, 0) is 7.05 Å². The van der Waals surface area contributed by atoms with Gasteiger partial charge in [-0.2, -0.15) is 10.4 Å². The van der Waals surface area contributed by atoms with E-state index >= 15 is 0 Å². The first-order valence-corrected chi connectivity index (χ1v) is 9.16. The van der Waals surface area contributed by atoms with Gasteiger partial charge in [-0.25, -0.2) is 4.98 Å². The van der Waals surface area contributed by atoms with Crippen molar-refractivity contribution >= 4 is 16.9 Å². The van der Waals surface area contributed by atoms with Crippen LogP contribution in [-0.4, -0.2) is 26.2 Å². The predicted octanol–water partition coefficient (Wildman–Crippen LogP) is 3.51. The number of fused-ring (bicyclic) bond motifs is 1. The minimum atomic E-state index is -0.768. The molecule has 1 fully saturated rings. The maximum atomic E-state index is 13.2. The first kappa shape index (κ1) is 17.2. The molecule has 0 spiro atoms. The van der Waals surface area contributed by atoms with E-state index in [0.29, 0.717) is 29.7 Å². The van der Waals surface area contributed by atoms with E-state index in [1.807, 2.05) is 50.4 Å². The van der Waals surface area contributed by atoms with E-state index in [1.54, 1.807) is 4.68 Å². The molecule has 1 aliphatic carbocycles. The van der Waals surface area contributed by atoms with Gasteiger partial charge in [-0.15, -0.1) is 0 Å². The number of nitrogens with one attached hydrogen (secondary N) is 1. The Bertz CT molecular complexity index is 1060. The van der Waals surface area contributed by atoms with E-state index in [4.69, 9.17) is 4.98 Å². The topological polar surface area (TPSA) is 83.6 Å². The van der Waals surface area contributed by atoms with Crippen molar-refractivity contribution in [2.24, 2.45) is 7.05 Å². The standard InChI is InChI=1S/C21H21N5O/c1-14-18-16(20(27)24-21(13-22)10-6-7-11-21)12-17(15-8-4-3-5-9-15)23-19(18)26(2)25-14/h3-5,8-9,12H,6-7,10-11H2,1-2H3,(H,24,27). The molecule has 1 saturated carbocycles. The van der Waals surface area contributed by atoms with Gasteiger partial charge in [-0.3, -0.25) is 9.48 Å². The molecule has 4 rings (SSSR count). The Morgan fingerprint density at radius 1 is 1.26 bits per heavy atom. The van der Waals surface area contributed by atoms with Crippen LogP contribution in [0.2, 0.25) is 0 Å². The second-order valence-electron chi connectivity index (χ2n) is 7.18. The number of carbonyl (C=O) groups excluding carboxylic acids is 1. The molecule has 1 aromatic carbocycles. The van der Waals surface area contributed by atoms with Crippen LogP contribution in [0.4, 0.5) is 0 Å². The Labute approximate surface area is 157 Å². The molecule has 1 amide bonds. The predicted molar refractivity (Wildman–Crippen MR) is 103 cm³/mol. The van der Waals surface area contributed by atoms with Crippen LogP contribution in [0, 0.1) is 18.3 Å². The summed E-state index contributed by atoms with van der Waals surface area (Å²) in [5.74, 6) is -0.237. The highest BCUT2D eigenvalue weighted by molar-refractivity contribution is 6.07. The van der Waals surface area contributed by atoms with Gasteiger partial charge in [0, 0.05) is 12.6 Å². The number of rotatable bonds is 3. The quantitative estimate of drug-likeness (QED) is 0.776. The molecular weight excluding hydrogens is 338 g/mol. The Morgan fingerprint density at radius 3 is 2.63 bits per heavy atom. The van der Waals surface area contributed by atoms with E-state index in [-0.39, 0.29) is 5.91 Å². The minimum absolute atomic E-state index is 0.237. The molecule has 0 atom stereocenters. The van der Waals surface area contributed by atoms with Gasteiger partial charge in [0.05, 0.1) is 28.4 Å². The molecule has 2 heterocycles. The summed E-state index contributed by atoms with van der Waals surface area (Å²) in [6, 6.07) is 13.9. The Kier molecular flexibility index (Phi) is 4.15. The summed E-state index contributed by atoms with van der Waals surface area (Å²) in [6.45, 7) is 1.87. The number of aromatic nitrogens is 3. The lowest BCUT2D eigenvalue weighted by Gasteiger charge is -2.22. The summed E-state index contributed by atoms with van der Waals surface area (Å²) in [4.78, 5) is 17.9. The van der Waals surface area contributed by atoms with Gasteiger partial charge in [0.25, 0.3) is 5.91 Å². The fourth-order valence-corrected chi connectivity index (χ4v) is 3.91. The first-order chi connectivity index (χ1) is 13.0. The van der Waals surface area contributed by atoms with Crippen LogP contribution in [0.3, 0.4) is 0 Å². The number of aryl methyl sites for hydroxylation is 2. The maximum Gasteiger partial charge on any atom is 0.253 e. The molecule has 0 radical (unpaired) electrons. The highest BCUT2D eigenvalue weighted by Crippen LogP contribution is 2.31. The Hall–Kier alpha value is -3.20. The van der Waals surface area contributed by atoms with Crippen molar-refractivity contribution < 1.29 is 4.79 Å². The van der Waals surface area contributed by atoms with Gasteiger partial charge in [0.15, 0.2) is 5.65 Å². The van der Waals surface area contributed by atoms with Crippen molar-refractivity contribution in [2.75, 3.05) is 0 Å². The van der Waals surface area contributed by atoms with Crippen molar-refractivity contribution in [2.45, 2.75) is 38.1 Å². The molecule has 0 unspecified atom stereocenters. The van der Waals surface area contributed by atoms with Crippen molar-refractivity contribution in [3.63, 3.8) is 0 Å². The van der Waals surface area contributed by atoms with Crippen molar-refractivity contribution in [1.82, 2.24) is 20.1 Å². The number of amides is 1. The smallest absolute Gasteiger partial charge is 0.253 e. The van der Waals surface area contributed by atoms with E-state index in [0.717, 1.165) is 29.5 Å². The van der Waals surface area contributed by atoms with Gasteiger partial charge in [0.1, 0.15) is 5.54 Å². The molecule has 1 aliphatic rings. The van der Waals surface area contributed by atoms with E-state index in [1.165, 1.54) is 0 Å². The van der Waals surface area contributed by atoms with Gasteiger partial charge in [0.2, 0.25) is 0 Å². The summed E-state index contributed by atoms with van der Waals surface area (Å²) in [5.41, 5.74) is 2.82. The highest BCUT2D eigenvalue weighted by atomic mass is 16.1. The zero-order valence-electron chi connectivity index (χ0n) is 15.5. The third-order valence-corrected chi connectivity index (χ3v) is 5.31. The molecule has 3 aromatic rings. The lowest BCUT2D eigenvalue weighted by atomic mass is 9.98. The summed E-state index contributed by atoms with van der Waals surface area (Å²) in [5, 5.41) is 17.8. The number of nitrogens with zero attached hydrogens (tertiary/aromatic N) is 4. The fourth-order valence-electron chi connectivity index (χ4n) is 3.91. The van der Waals surface area contributed by atoms with Crippen LogP contribution in [0.25, 0.3) is 22.3 Å². The maximum absolute atomic E-state index is 13.2. The zero-order valence-corrected chi connectivity index (χ0v) is 15.5. The van der Waals surface area contributed by atoms with Gasteiger partial charge in [-0.05, 0) is 38.7 Å². The molecule has 6 nitrogen and oxygen atoms in total. The van der Waals surface area contributed by atoms with Gasteiger partial charge < -0.3 is 5.32 Å². The van der Waals surface area contributed by atoms with Crippen LogP contribution in [0.5, 0.6) is 0 Å². The van der Waals surface area contributed by atoms with E-state index < -0.39 is 5.54 Å². The molecule has 0 aliphatic heterocycles. The van der Waals surface area contributed by atoms with Crippen molar-refractivity contribution in [3.8, 4) is 17.3 Å². The van der Waals surface area contributed by atoms with E-state index in [2.05, 4.69) is 16.5 Å². The molecule has 1 N–H and O–H groups in total. The van der Waals surface area contributed by atoms with Crippen molar-refractivity contribution in [1.29, 1.82) is 5.26 Å². The normalized spacial score (nSPS) is 15.6. The molecule has 27 heavy (non-hydrogen) atoms. The van der Waals surface area contributed by atoms with Crippen LogP contribution in [0.1, 0.15) is 41.7 Å². The van der Waals surface area contributed by atoms with Crippen LogP contribution >= 0.6 is 0 Å². The fraction of sp³-hybridized carbons (Fsp3) is 0.333. The largest absolute Gasteiger partial charge is 0.334 e. The summed E-state index contributed by atoms with van der Waals surface area (Å²) in [7, 11) is 1.83. The van der Waals surface area contributed by atoms with Crippen molar-refractivity contribution in [3.05, 3.63) is 47.7 Å². The Balaban J connectivity index is 1.86. The average Bonchev–Trinajstić information content (AvgIpc) is 3.27. The summed E-state index contributed by atoms with van der Waals surface area (Å²) in [6.07, 6.45) is 3.31. The molecule has 0 saturated heterocycles. The second-order valence-corrected chi connectivity index (χ2v) is 7.18. The molecule has 136 valence electrons. The van der Waals surface area contributed by atoms with Gasteiger partial charge >= 0.3 is 0 Å². The number of carbonyl (C=O) groups is 1. The average molecular weight is 359 g/mol. The lowest BCUT2D eigenvalue weighted by molar-refractivity contribution is 0.0922. The monoisotopic (exact) mass is 359 g/mol. The number of pyridine rings is 1. The number of benzene rings is 1. The third-order valence-electron chi connectivity index (χ3n) is 5.31. The van der Waals surface area contributed by atoms with Crippen LogP contribution < -0.4 is 5.32 Å². The second kappa shape index (κ2) is 6.51. The Morgan fingerprint density at radius 2 is 1.96 bits per heavy atom. The number of hydrogen-bond acceptors (Lipinski definition) is 4. The molecule has 0 bridgehead atoms. The third kappa shape index (κ3) is 2.95. The SMILES string of the molecule is Cc1nn(C)c2nc(-c3ccccc3)cc(C(=O)NC3(C#N)CCCC3)c12. The first-order valence-electron chi connectivity index (χ1n) is 9.16. The molecule has 2 aromatic heterocycles. The zero-order chi connectivity index (χ0) is 19.0. The molecule has 6 heteroatoms. The number of hydrogen-bond donors (Lipinski definition) is 1. The minimum Gasteiger partial charge on any atom is -0.334 e. The van der Waals surface area contributed by atoms with Crippen LogP contribution in [0.15, 0.2) is 36.4 Å². The summed E-state index contributed by atoms with van der Waals surface area (Å²) < 4.78 is 1.70. The van der Waals surface area contributed by atoms with E-state index in [9.17, 15) is 10.1 Å². The lowest BCUT2D eigenvalue weighted by Crippen LogP contribution is -2.45. The summed E-state index contributed by atoms with van der Waals surface area (Å²) >= 11 is 0. The number of nitriles is 1.